The molecule has 0 spiro atoms. The second-order valence-electron chi connectivity index (χ2n) is 6.80. The minimum absolute atomic E-state index is 0.435. The number of imidazole rings is 1. The Morgan fingerprint density at radius 2 is 2.08 bits per heavy atom. The van der Waals surface area contributed by atoms with Crippen molar-refractivity contribution >= 4 is 22.9 Å². The van der Waals surface area contributed by atoms with Crippen molar-refractivity contribution in [2.45, 2.75) is 19.4 Å². The van der Waals surface area contributed by atoms with Crippen LogP contribution in [0.3, 0.4) is 0 Å². The summed E-state index contributed by atoms with van der Waals surface area (Å²) in [5.74, 6) is 1.05. The molecule has 0 aliphatic carbocycles. The standard InChI is InChI=1S/C21H22N4S/c1-24-10-8-16-12-15(6-7-19(16)24)13-20-23-9-11-25(20)14-17-4-2-3-5-18(17)21(22)26/h2-7,9,11-12H,8,10,13-14H2,1H3,(H2,22,26). The molecule has 0 amide bonds. The zero-order valence-corrected chi connectivity index (χ0v) is 15.7. The second kappa shape index (κ2) is 6.92. The molecule has 0 fully saturated rings. The van der Waals surface area contributed by atoms with Crippen molar-refractivity contribution in [1.82, 2.24) is 9.55 Å². The summed E-state index contributed by atoms with van der Waals surface area (Å²) < 4.78 is 2.18. The fourth-order valence-corrected chi connectivity index (χ4v) is 3.85. The molecule has 0 bridgehead atoms. The van der Waals surface area contributed by atoms with Gasteiger partial charge in [0.05, 0.1) is 0 Å². The fraction of sp³-hybridized carbons (Fsp3) is 0.238. The average molecular weight is 363 g/mol. The largest absolute Gasteiger partial charge is 0.389 e. The van der Waals surface area contributed by atoms with Crippen LogP contribution < -0.4 is 10.6 Å². The maximum absolute atomic E-state index is 5.87. The van der Waals surface area contributed by atoms with E-state index in [9.17, 15) is 0 Å². The highest BCUT2D eigenvalue weighted by molar-refractivity contribution is 7.80. The molecule has 2 aromatic carbocycles. The van der Waals surface area contributed by atoms with E-state index in [0.717, 1.165) is 42.9 Å². The number of aromatic nitrogens is 2. The van der Waals surface area contributed by atoms with Gasteiger partial charge in [0.25, 0.3) is 0 Å². The van der Waals surface area contributed by atoms with Crippen molar-refractivity contribution in [3.63, 3.8) is 0 Å². The molecular weight excluding hydrogens is 340 g/mol. The quantitative estimate of drug-likeness (QED) is 0.709. The van der Waals surface area contributed by atoms with Gasteiger partial charge >= 0.3 is 0 Å². The molecule has 5 heteroatoms. The van der Waals surface area contributed by atoms with E-state index in [1.807, 2.05) is 30.6 Å². The lowest BCUT2D eigenvalue weighted by atomic mass is 10.1. The number of fused-ring (bicyclic) bond motifs is 1. The van der Waals surface area contributed by atoms with Gasteiger partial charge in [0.2, 0.25) is 0 Å². The molecule has 1 aromatic heterocycles. The van der Waals surface area contributed by atoms with Gasteiger partial charge in [-0.3, -0.25) is 0 Å². The van der Waals surface area contributed by atoms with Gasteiger partial charge < -0.3 is 15.2 Å². The predicted octanol–water partition coefficient (Wildman–Crippen LogP) is 3.15. The maximum Gasteiger partial charge on any atom is 0.113 e. The summed E-state index contributed by atoms with van der Waals surface area (Å²) in [5.41, 5.74) is 12.0. The minimum atomic E-state index is 0.435. The molecular formula is C21H22N4S. The molecule has 1 aliphatic rings. The lowest BCUT2D eigenvalue weighted by molar-refractivity contribution is 0.739. The molecule has 132 valence electrons. The van der Waals surface area contributed by atoms with Gasteiger partial charge in [-0.2, -0.15) is 0 Å². The van der Waals surface area contributed by atoms with Crippen LogP contribution in [0, 0.1) is 0 Å². The third-order valence-corrected chi connectivity index (χ3v) is 5.28. The molecule has 0 radical (unpaired) electrons. The first kappa shape index (κ1) is 16.8. The van der Waals surface area contributed by atoms with Crippen LogP contribution in [0.1, 0.15) is 28.1 Å². The number of nitrogens with zero attached hydrogens (tertiary/aromatic N) is 3. The number of anilines is 1. The Bertz CT molecular complexity index is 960. The maximum atomic E-state index is 5.87. The first-order valence-electron chi connectivity index (χ1n) is 8.82. The van der Waals surface area contributed by atoms with Gasteiger partial charge in [0.1, 0.15) is 10.8 Å². The lowest BCUT2D eigenvalue weighted by Gasteiger charge is -2.13. The molecule has 4 rings (SSSR count). The van der Waals surface area contributed by atoms with Gasteiger partial charge in [0.15, 0.2) is 0 Å². The van der Waals surface area contributed by atoms with Gasteiger partial charge in [0, 0.05) is 50.2 Å². The summed E-state index contributed by atoms with van der Waals surface area (Å²) in [7, 11) is 2.15. The van der Waals surface area contributed by atoms with Gasteiger partial charge in [-0.25, -0.2) is 4.98 Å². The fourth-order valence-electron chi connectivity index (χ4n) is 3.65. The van der Waals surface area contributed by atoms with Crippen molar-refractivity contribution in [2.75, 3.05) is 18.5 Å². The number of thiocarbonyl (C=S) groups is 1. The minimum Gasteiger partial charge on any atom is -0.389 e. The molecule has 3 aromatic rings. The van der Waals surface area contributed by atoms with Gasteiger partial charge in [-0.05, 0) is 29.2 Å². The number of likely N-dealkylation sites (N-methyl/N-ethyl adjacent to an activating group) is 1. The molecule has 0 atom stereocenters. The van der Waals surface area contributed by atoms with Crippen molar-refractivity contribution in [3.05, 3.63) is 82.9 Å². The van der Waals surface area contributed by atoms with E-state index in [1.165, 1.54) is 16.8 Å². The van der Waals surface area contributed by atoms with Crippen LogP contribution in [0.25, 0.3) is 0 Å². The Balaban J connectivity index is 1.58. The van der Waals surface area contributed by atoms with E-state index in [2.05, 4.69) is 45.8 Å². The first-order valence-corrected chi connectivity index (χ1v) is 9.23. The first-order chi connectivity index (χ1) is 12.6. The van der Waals surface area contributed by atoms with E-state index < -0.39 is 0 Å². The van der Waals surface area contributed by atoms with Crippen LogP contribution in [-0.2, 0) is 19.4 Å². The number of hydrogen-bond acceptors (Lipinski definition) is 3. The highest BCUT2D eigenvalue weighted by Gasteiger charge is 2.16. The highest BCUT2D eigenvalue weighted by atomic mass is 32.1. The lowest BCUT2D eigenvalue weighted by Crippen LogP contribution is -2.14. The highest BCUT2D eigenvalue weighted by Crippen LogP contribution is 2.28. The topological polar surface area (TPSA) is 47.1 Å². The third kappa shape index (κ3) is 3.22. The molecule has 26 heavy (non-hydrogen) atoms. The Kier molecular flexibility index (Phi) is 4.47. The zero-order chi connectivity index (χ0) is 18.1. The summed E-state index contributed by atoms with van der Waals surface area (Å²) in [4.78, 5) is 7.33. The van der Waals surface area contributed by atoms with Crippen LogP contribution in [0.2, 0.25) is 0 Å². The Hall–Kier alpha value is -2.66. The van der Waals surface area contributed by atoms with Crippen molar-refractivity contribution < 1.29 is 0 Å². The zero-order valence-electron chi connectivity index (χ0n) is 14.9. The van der Waals surface area contributed by atoms with Crippen molar-refractivity contribution in [2.24, 2.45) is 5.73 Å². The summed E-state index contributed by atoms with van der Waals surface area (Å²) >= 11 is 5.19. The smallest absolute Gasteiger partial charge is 0.113 e. The van der Waals surface area contributed by atoms with E-state index in [4.69, 9.17) is 18.0 Å². The SMILES string of the molecule is CN1CCc2cc(Cc3nccn3Cc3ccccc3C(N)=S)ccc21. The van der Waals surface area contributed by atoms with Crippen LogP contribution >= 0.6 is 12.2 Å². The van der Waals surface area contributed by atoms with Gasteiger partial charge in [-0.1, -0.05) is 48.6 Å². The molecule has 1 aliphatic heterocycles. The predicted molar refractivity (Wildman–Crippen MR) is 110 cm³/mol. The molecule has 0 unspecified atom stereocenters. The second-order valence-corrected chi connectivity index (χ2v) is 7.24. The molecule has 0 saturated carbocycles. The molecule has 4 nitrogen and oxygen atoms in total. The van der Waals surface area contributed by atoms with Crippen molar-refractivity contribution in [1.29, 1.82) is 0 Å². The van der Waals surface area contributed by atoms with Crippen LogP contribution in [0.4, 0.5) is 5.69 Å². The number of nitrogens with two attached hydrogens (primary N) is 1. The van der Waals surface area contributed by atoms with Crippen LogP contribution in [-0.4, -0.2) is 28.1 Å². The average Bonchev–Trinajstić information content (AvgIpc) is 3.22. The van der Waals surface area contributed by atoms with E-state index >= 15 is 0 Å². The summed E-state index contributed by atoms with van der Waals surface area (Å²) in [6.45, 7) is 1.82. The third-order valence-electron chi connectivity index (χ3n) is 5.06. The number of rotatable bonds is 5. The summed E-state index contributed by atoms with van der Waals surface area (Å²) in [6.07, 6.45) is 5.82. The molecule has 2 heterocycles. The van der Waals surface area contributed by atoms with Crippen molar-refractivity contribution in [3.8, 4) is 0 Å². The molecule has 2 N–H and O–H groups in total. The van der Waals surface area contributed by atoms with Crippen LogP contribution in [0.5, 0.6) is 0 Å². The summed E-state index contributed by atoms with van der Waals surface area (Å²) in [5, 5.41) is 0. The number of hydrogen-bond donors (Lipinski definition) is 1. The van der Waals surface area contributed by atoms with E-state index in [1.54, 1.807) is 0 Å². The van der Waals surface area contributed by atoms with Gasteiger partial charge in [-0.15, -0.1) is 0 Å². The van der Waals surface area contributed by atoms with Crippen LogP contribution in [0.15, 0.2) is 54.9 Å². The Labute approximate surface area is 159 Å². The monoisotopic (exact) mass is 362 g/mol. The normalized spacial score (nSPS) is 13.0. The molecule has 0 saturated heterocycles. The van der Waals surface area contributed by atoms with E-state index in [0.29, 0.717) is 4.99 Å². The summed E-state index contributed by atoms with van der Waals surface area (Å²) in [6, 6.07) is 14.8. The number of benzene rings is 2. The Morgan fingerprint density at radius 3 is 2.92 bits per heavy atom. The Morgan fingerprint density at radius 1 is 1.23 bits per heavy atom. The van der Waals surface area contributed by atoms with E-state index in [-0.39, 0.29) is 0 Å².